The molecule has 130 valence electrons. The van der Waals surface area contributed by atoms with Gasteiger partial charge in [-0.25, -0.2) is 0 Å². The smallest absolute Gasteiger partial charge is 0.312 e. The topological polar surface area (TPSA) is 46.6 Å². The van der Waals surface area contributed by atoms with Crippen molar-refractivity contribution in [2.24, 2.45) is 17.3 Å². The second-order valence-corrected chi connectivity index (χ2v) is 7.82. The number of carbonyl (C=O) groups is 2. The lowest BCUT2D eigenvalue weighted by Gasteiger charge is -2.44. The first-order valence-corrected chi connectivity index (χ1v) is 9.55. The molecule has 3 aliphatic rings. The summed E-state index contributed by atoms with van der Waals surface area (Å²) in [6.07, 6.45) is 9.85. The van der Waals surface area contributed by atoms with Crippen LogP contribution in [0.4, 0.5) is 0 Å². The van der Waals surface area contributed by atoms with Crippen molar-refractivity contribution in [1.82, 2.24) is 4.90 Å². The van der Waals surface area contributed by atoms with Gasteiger partial charge < -0.3 is 9.64 Å². The minimum Gasteiger partial charge on any atom is -0.466 e. The molecule has 0 aromatic rings. The van der Waals surface area contributed by atoms with Gasteiger partial charge in [-0.15, -0.1) is 0 Å². The van der Waals surface area contributed by atoms with E-state index in [1.54, 1.807) is 0 Å². The van der Waals surface area contributed by atoms with Crippen LogP contribution in [0.15, 0.2) is 0 Å². The Hall–Kier alpha value is -1.06. The summed E-state index contributed by atoms with van der Waals surface area (Å²) in [4.78, 5) is 27.2. The maximum atomic E-state index is 12.6. The summed E-state index contributed by atoms with van der Waals surface area (Å²) in [5.41, 5.74) is -0.368. The van der Waals surface area contributed by atoms with Gasteiger partial charge in [-0.3, -0.25) is 9.59 Å². The van der Waals surface area contributed by atoms with Crippen LogP contribution in [0.25, 0.3) is 0 Å². The zero-order valence-electron chi connectivity index (χ0n) is 14.7. The number of hydrogen-bond acceptors (Lipinski definition) is 3. The number of ether oxygens (including phenoxy) is 1. The first kappa shape index (κ1) is 16.8. The molecule has 1 saturated heterocycles. The third-order valence-corrected chi connectivity index (χ3v) is 6.69. The van der Waals surface area contributed by atoms with E-state index in [1.165, 1.54) is 32.1 Å². The van der Waals surface area contributed by atoms with E-state index in [-0.39, 0.29) is 23.2 Å². The van der Waals surface area contributed by atoms with Crippen molar-refractivity contribution in [3.05, 3.63) is 0 Å². The average molecular weight is 321 g/mol. The number of esters is 1. The van der Waals surface area contributed by atoms with Crippen LogP contribution in [0.3, 0.4) is 0 Å². The van der Waals surface area contributed by atoms with Crippen LogP contribution in [0.2, 0.25) is 0 Å². The van der Waals surface area contributed by atoms with E-state index < -0.39 is 0 Å². The Morgan fingerprint density at radius 2 is 1.96 bits per heavy atom. The molecule has 1 amide bonds. The van der Waals surface area contributed by atoms with Gasteiger partial charge in [0.15, 0.2) is 0 Å². The highest BCUT2D eigenvalue weighted by Crippen LogP contribution is 2.52. The minimum atomic E-state index is -0.368. The highest BCUT2D eigenvalue weighted by Gasteiger charge is 2.55. The fourth-order valence-electron chi connectivity index (χ4n) is 4.98. The number of rotatable bonds is 5. The molecule has 4 nitrogen and oxygen atoms in total. The van der Waals surface area contributed by atoms with Gasteiger partial charge in [0.2, 0.25) is 5.91 Å². The van der Waals surface area contributed by atoms with Gasteiger partial charge in [-0.2, -0.15) is 0 Å². The number of carbonyl (C=O) groups excluding carboxylic acids is 2. The molecule has 1 aliphatic heterocycles. The van der Waals surface area contributed by atoms with E-state index in [0.717, 1.165) is 25.8 Å². The molecule has 0 unspecified atom stereocenters. The van der Waals surface area contributed by atoms with Gasteiger partial charge in [0.05, 0.1) is 12.0 Å². The molecule has 0 spiro atoms. The quantitative estimate of drug-likeness (QED) is 0.728. The monoisotopic (exact) mass is 321 g/mol. The van der Waals surface area contributed by atoms with E-state index in [9.17, 15) is 9.59 Å². The molecular formula is C19H31NO3. The summed E-state index contributed by atoms with van der Waals surface area (Å²) in [6, 6.07) is 0.326. The molecule has 0 bridgehead atoms. The minimum absolute atomic E-state index is 0.0591. The first-order valence-electron chi connectivity index (χ1n) is 9.55. The standard InChI is InChI=1S/C19H31NO3/c1-3-23-18(22)19(10-7-11-19)16-12-17(21)20(13-16)14(2)15-8-5-4-6-9-15/h14-16H,3-13H2,1-2H3/t14-,16+/m0/s1. The summed E-state index contributed by atoms with van der Waals surface area (Å²) in [5, 5.41) is 0. The van der Waals surface area contributed by atoms with Crippen LogP contribution in [-0.4, -0.2) is 36.0 Å². The Balaban J connectivity index is 1.67. The van der Waals surface area contributed by atoms with Crippen molar-refractivity contribution < 1.29 is 14.3 Å². The van der Waals surface area contributed by atoms with E-state index in [2.05, 4.69) is 11.8 Å². The zero-order chi connectivity index (χ0) is 16.4. The molecule has 0 radical (unpaired) electrons. The molecule has 2 aliphatic carbocycles. The summed E-state index contributed by atoms with van der Waals surface area (Å²) in [6.45, 7) is 5.27. The van der Waals surface area contributed by atoms with E-state index in [0.29, 0.717) is 25.0 Å². The van der Waals surface area contributed by atoms with Crippen LogP contribution in [0.5, 0.6) is 0 Å². The lowest BCUT2D eigenvalue weighted by Crippen LogP contribution is -2.47. The predicted molar refractivity (Wildman–Crippen MR) is 88.8 cm³/mol. The van der Waals surface area contributed by atoms with Crippen molar-refractivity contribution in [1.29, 1.82) is 0 Å². The average Bonchev–Trinajstić information content (AvgIpc) is 2.88. The Bertz CT molecular complexity index is 452. The third-order valence-electron chi connectivity index (χ3n) is 6.69. The van der Waals surface area contributed by atoms with Crippen molar-refractivity contribution in [2.45, 2.75) is 77.7 Å². The highest BCUT2D eigenvalue weighted by atomic mass is 16.5. The maximum absolute atomic E-state index is 12.6. The second-order valence-electron chi connectivity index (χ2n) is 7.82. The summed E-state index contributed by atoms with van der Waals surface area (Å²) in [7, 11) is 0. The largest absolute Gasteiger partial charge is 0.466 e. The van der Waals surface area contributed by atoms with Gasteiger partial charge in [-0.1, -0.05) is 25.7 Å². The SMILES string of the molecule is CCOC(=O)C1([C@@H]2CC(=O)N([C@@H](C)C3CCCCC3)C2)CCC1. The number of nitrogens with zero attached hydrogens (tertiary/aromatic N) is 1. The molecule has 1 heterocycles. The molecule has 0 N–H and O–H groups in total. The molecule has 0 aromatic carbocycles. The van der Waals surface area contributed by atoms with Gasteiger partial charge in [-0.05, 0) is 45.4 Å². The summed E-state index contributed by atoms with van der Waals surface area (Å²) < 4.78 is 5.34. The predicted octanol–water partition coefficient (Wildman–Crippen LogP) is 3.54. The highest BCUT2D eigenvalue weighted by molar-refractivity contribution is 5.83. The summed E-state index contributed by atoms with van der Waals surface area (Å²) in [5.74, 6) is 1.00. The third kappa shape index (κ3) is 3.01. The Morgan fingerprint density at radius 3 is 2.52 bits per heavy atom. The molecule has 0 aromatic heterocycles. The molecule has 3 fully saturated rings. The zero-order valence-corrected chi connectivity index (χ0v) is 14.7. The van der Waals surface area contributed by atoms with Gasteiger partial charge in [0.1, 0.15) is 0 Å². The van der Waals surface area contributed by atoms with Crippen molar-refractivity contribution >= 4 is 11.9 Å². The number of amides is 1. The lowest BCUT2D eigenvalue weighted by molar-refractivity contribution is -0.166. The van der Waals surface area contributed by atoms with Gasteiger partial charge >= 0.3 is 5.97 Å². The fourth-order valence-corrected chi connectivity index (χ4v) is 4.98. The van der Waals surface area contributed by atoms with Crippen molar-refractivity contribution in [3.8, 4) is 0 Å². The van der Waals surface area contributed by atoms with Crippen LogP contribution in [-0.2, 0) is 14.3 Å². The first-order chi connectivity index (χ1) is 11.1. The van der Waals surface area contributed by atoms with Crippen LogP contribution >= 0.6 is 0 Å². The molecular weight excluding hydrogens is 290 g/mol. The molecule has 2 atom stereocenters. The molecule has 23 heavy (non-hydrogen) atoms. The molecule has 2 saturated carbocycles. The van der Waals surface area contributed by atoms with Crippen molar-refractivity contribution in [3.63, 3.8) is 0 Å². The fraction of sp³-hybridized carbons (Fsp3) is 0.895. The van der Waals surface area contributed by atoms with Crippen LogP contribution in [0.1, 0.15) is 71.6 Å². The number of likely N-dealkylation sites (tertiary alicyclic amines) is 1. The Labute approximate surface area is 139 Å². The Kier molecular flexibility index (Phi) is 4.98. The molecule has 3 rings (SSSR count). The Morgan fingerprint density at radius 1 is 1.26 bits per heavy atom. The van der Waals surface area contributed by atoms with E-state index in [4.69, 9.17) is 4.74 Å². The van der Waals surface area contributed by atoms with Gasteiger partial charge in [0, 0.05) is 24.9 Å². The van der Waals surface area contributed by atoms with Crippen LogP contribution in [0, 0.1) is 17.3 Å². The van der Waals surface area contributed by atoms with Crippen LogP contribution < -0.4 is 0 Å². The lowest BCUT2D eigenvalue weighted by atomic mass is 9.60. The maximum Gasteiger partial charge on any atom is 0.312 e. The molecule has 4 heteroatoms. The summed E-state index contributed by atoms with van der Waals surface area (Å²) >= 11 is 0. The normalized spacial score (nSPS) is 29.2. The van der Waals surface area contributed by atoms with E-state index >= 15 is 0 Å². The van der Waals surface area contributed by atoms with Crippen molar-refractivity contribution in [2.75, 3.05) is 13.2 Å². The number of hydrogen-bond donors (Lipinski definition) is 0. The van der Waals surface area contributed by atoms with E-state index in [1.807, 2.05) is 6.92 Å². The second kappa shape index (κ2) is 6.82. The van der Waals surface area contributed by atoms with Gasteiger partial charge in [0.25, 0.3) is 0 Å².